The Morgan fingerprint density at radius 3 is 1.48 bits per heavy atom. The van der Waals surface area contributed by atoms with Crippen LogP contribution in [0.3, 0.4) is 0 Å². The highest BCUT2D eigenvalue weighted by Crippen LogP contribution is 2.57. The van der Waals surface area contributed by atoms with Crippen molar-refractivity contribution < 1.29 is 5.11 Å². The Morgan fingerprint density at radius 2 is 0.950 bits per heavy atom. The van der Waals surface area contributed by atoms with Gasteiger partial charge in [0.2, 0.25) is 0 Å². The molecule has 0 spiro atoms. The zero-order chi connectivity index (χ0) is 43.0. The van der Waals surface area contributed by atoms with Crippen molar-refractivity contribution in [1.82, 2.24) is 9.97 Å². The summed E-state index contributed by atoms with van der Waals surface area (Å²) in [5.41, 5.74) is 16.8. The second-order valence-corrected chi connectivity index (χ2v) is 21.0. The van der Waals surface area contributed by atoms with Gasteiger partial charge in [-0.3, -0.25) is 4.98 Å². The van der Waals surface area contributed by atoms with Crippen LogP contribution in [0, 0.1) is 0 Å². The molecule has 3 heteroatoms. The molecule has 0 bridgehead atoms. The number of benzene rings is 5. The van der Waals surface area contributed by atoms with E-state index in [0.717, 1.165) is 39.3 Å². The molecule has 304 valence electrons. The number of pyridine rings is 2. The van der Waals surface area contributed by atoms with Crippen molar-refractivity contribution in [2.45, 2.75) is 110 Å². The van der Waals surface area contributed by atoms with Crippen LogP contribution >= 0.6 is 0 Å². The lowest BCUT2D eigenvalue weighted by Gasteiger charge is -2.34. The Labute approximate surface area is 358 Å². The second kappa shape index (κ2) is 14.4. The first kappa shape index (κ1) is 41.0. The fraction of sp³-hybridized carbons (Fsp3) is 0.298. The van der Waals surface area contributed by atoms with E-state index in [1.807, 2.05) is 30.5 Å². The van der Waals surface area contributed by atoms with Crippen LogP contribution in [-0.2, 0) is 27.1 Å². The highest BCUT2D eigenvalue weighted by Gasteiger charge is 2.48. The van der Waals surface area contributed by atoms with Crippen molar-refractivity contribution in [3.63, 3.8) is 0 Å². The number of aromatic hydroxyl groups is 1. The molecule has 0 radical (unpaired) electrons. The summed E-state index contributed by atoms with van der Waals surface area (Å²) >= 11 is 0. The van der Waals surface area contributed by atoms with Crippen LogP contribution in [-0.4, -0.2) is 15.1 Å². The predicted octanol–water partition coefficient (Wildman–Crippen LogP) is 14.7. The van der Waals surface area contributed by atoms with E-state index in [0.29, 0.717) is 5.56 Å². The van der Waals surface area contributed by atoms with Gasteiger partial charge in [-0.2, -0.15) is 0 Å². The quantitative estimate of drug-likeness (QED) is 0.189. The summed E-state index contributed by atoms with van der Waals surface area (Å²) in [5, 5.41) is 11.2. The van der Waals surface area contributed by atoms with E-state index >= 15 is 0 Å². The summed E-state index contributed by atoms with van der Waals surface area (Å²) < 4.78 is 0. The van der Waals surface area contributed by atoms with E-state index in [9.17, 15) is 5.11 Å². The molecule has 1 aliphatic rings. The standard InChI is InChI=1S/C57H60N2O/c1-53(2,3)39-23-25-44-45-26-24-40(54(4,5)6)35-48(45)57(47(44)34-39,52-22-15-16-27-58-52)41-19-17-18-36(28-41)49-31-38(32-50(59-49)46-20-13-14-21-51(46)60)37-29-42(55(7,8)9)33-43(30-37)56(10,11)12/h13-35,60H,1-12H3. The van der Waals surface area contributed by atoms with Gasteiger partial charge in [0.25, 0.3) is 0 Å². The van der Waals surface area contributed by atoms with Crippen molar-refractivity contribution >= 4 is 0 Å². The van der Waals surface area contributed by atoms with Gasteiger partial charge < -0.3 is 5.11 Å². The van der Waals surface area contributed by atoms with Crippen LogP contribution < -0.4 is 0 Å². The minimum Gasteiger partial charge on any atom is -0.507 e. The lowest BCUT2D eigenvalue weighted by Crippen LogP contribution is -2.30. The maximum absolute atomic E-state index is 11.2. The normalized spacial score (nSPS) is 13.9. The van der Waals surface area contributed by atoms with E-state index in [4.69, 9.17) is 9.97 Å². The Balaban J connectivity index is 1.44. The number of hydrogen-bond donors (Lipinski definition) is 1. The first-order valence-corrected chi connectivity index (χ1v) is 21.5. The molecule has 60 heavy (non-hydrogen) atoms. The Morgan fingerprint density at radius 1 is 0.417 bits per heavy atom. The SMILES string of the molecule is CC(C)(C)c1cc(-c2cc(-c3cccc(C4(c5ccccn5)c5cc(C(C)(C)C)ccc5-c5ccc(C(C)(C)C)cc54)c3)nc(-c3ccccc3O)c2)cc(C(C)(C)C)c1. The van der Waals surface area contributed by atoms with Gasteiger partial charge in [-0.15, -0.1) is 0 Å². The number of fused-ring (bicyclic) bond motifs is 3. The fourth-order valence-electron chi connectivity index (χ4n) is 8.82. The molecule has 0 amide bonds. The zero-order valence-electron chi connectivity index (χ0n) is 37.6. The third kappa shape index (κ3) is 7.27. The van der Waals surface area contributed by atoms with Crippen LogP contribution in [0.25, 0.3) is 44.8 Å². The first-order chi connectivity index (χ1) is 28.2. The molecule has 8 rings (SSSR count). The van der Waals surface area contributed by atoms with Crippen molar-refractivity contribution in [2.24, 2.45) is 0 Å². The molecule has 7 aromatic rings. The van der Waals surface area contributed by atoms with Gasteiger partial charge in [0.05, 0.1) is 22.5 Å². The summed E-state index contributed by atoms with van der Waals surface area (Å²) in [6.45, 7) is 27.4. The minimum absolute atomic E-state index is 0.0475. The molecule has 1 N–H and O–H groups in total. The second-order valence-electron chi connectivity index (χ2n) is 21.0. The number of rotatable bonds is 5. The molecule has 2 aromatic heterocycles. The van der Waals surface area contributed by atoms with E-state index in [1.165, 1.54) is 44.5 Å². The molecule has 0 aliphatic heterocycles. The molecule has 1 aliphatic carbocycles. The highest BCUT2D eigenvalue weighted by molar-refractivity contribution is 5.87. The van der Waals surface area contributed by atoms with Crippen molar-refractivity contribution in [2.75, 3.05) is 0 Å². The molecular weight excluding hydrogens is 729 g/mol. The van der Waals surface area contributed by atoms with Crippen LogP contribution in [0.4, 0.5) is 0 Å². The minimum atomic E-state index is -0.703. The average molecular weight is 789 g/mol. The van der Waals surface area contributed by atoms with E-state index in [-0.39, 0.29) is 27.4 Å². The van der Waals surface area contributed by atoms with E-state index in [1.54, 1.807) is 6.07 Å². The molecule has 0 saturated carbocycles. The van der Waals surface area contributed by atoms with E-state index in [2.05, 4.69) is 186 Å². The molecule has 0 saturated heterocycles. The van der Waals surface area contributed by atoms with Crippen molar-refractivity contribution in [3.8, 4) is 50.5 Å². The Kier molecular flexibility index (Phi) is 9.86. The number of aromatic nitrogens is 2. The summed E-state index contributed by atoms with van der Waals surface area (Å²) in [4.78, 5) is 10.6. The maximum Gasteiger partial charge on any atom is 0.124 e. The number of hydrogen-bond acceptors (Lipinski definition) is 3. The van der Waals surface area contributed by atoms with Gasteiger partial charge in [0.1, 0.15) is 5.75 Å². The van der Waals surface area contributed by atoms with Gasteiger partial charge in [0, 0.05) is 17.3 Å². The number of phenolic OH excluding ortho intramolecular Hbond substituents is 1. The third-order valence-electron chi connectivity index (χ3n) is 12.5. The number of phenols is 1. The molecule has 3 nitrogen and oxygen atoms in total. The summed E-state index contributed by atoms with van der Waals surface area (Å²) in [6.07, 6.45) is 1.93. The fourth-order valence-corrected chi connectivity index (χ4v) is 8.82. The van der Waals surface area contributed by atoms with Gasteiger partial charge >= 0.3 is 0 Å². The molecule has 0 fully saturated rings. The molecular formula is C57H60N2O. The smallest absolute Gasteiger partial charge is 0.124 e. The Hall–Kier alpha value is -5.80. The number of nitrogens with zero attached hydrogens (tertiary/aromatic N) is 2. The third-order valence-corrected chi connectivity index (χ3v) is 12.5. The first-order valence-electron chi connectivity index (χ1n) is 21.5. The van der Waals surface area contributed by atoms with Gasteiger partial charge in [-0.05, 0) is 125 Å². The molecule has 5 aromatic carbocycles. The van der Waals surface area contributed by atoms with E-state index < -0.39 is 5.41 Å². The highest BCUT2D eigenvalue weighted by atomic mass is 16.3. The largest absolute Gasteiger partial charge is 0.507 e. The summed E-state index contributed by atoms with van der Waals surface area (Å²) in [6, 6.07) is 48.4. The number of para-hydroxylation sites is 1. The van der Waals surface area contributed by atoms with Crippen molar-refractivity contribution in [1.29, 1.82) is 0 Å². The topological polar surface area (TPSA) is 46.0 Å². The van der Waals surface area contributed by atoms with Crippen LogP contribution in [0.15, 0.2) is 140 Å². The molecule has 0 unspecified atom stereocenters. The van der Waals surface area contributed by atoms with Crippen LogP contribution in [0.2, 0.25) is 0 Å². The van der Waals surface area contributed by atoms with Crippen molar-refractivity contribution in [3.05, 3.63) is 184 Å². The van der Waals surface area contributed by atoms with Gasteiger partial charge in [-0.25, -0.2) is 4.98 Å². The monoisotopic (exact) mass is 788 g/mol. The zero-order valence-corrected chi connectivity index (χ0v) is 37.6. The molecule has 2 heterocycles. The summed E-state index contributed by atoms with van der Waals surface area (Å²) in [7, 11) is 0. The molecule has 0 atom stereocenters. The average Bonchev–Trinajstić information content (AvgIpc) is 3.50. The lowest BCUT2D eigenvalue weighted by molar-refractivity contribution is 0.477. The lowest BCUT2D eigenvalue weighted by atomic mass is 9.68. The predicted molar refractivity (Wildman–Crippen MR) is 252 cm³/mol. The summed E-state index contributed by atoms with van der Waals surface area (Å²) in [5.74, 6) is 0.207. The van der Waals surface area contributed by atoms with Crippen LogP contribution in [0.1, 0.15) is 128 Å². The van der Waals surface area contributed by atoms with Crippen LogP contribution in [0.5, 0.6) is 5.75 Å². The van der Waals surface area contributed by atoms with Gasteiger partial charge in [-0.1, -0.05) is 174 Å². The Bertz CT molecular complexity index is 2650. The van der Waals surface area contributed by atoms with Gasteiger partial charge in [0.15, 0.2) is 0 Å². The maximum atomic E-state index is 11.2.